The van der Waals surface area contributed by atoms with Crippen LogP contribution in [0.5, 0.6) is 0 Å². The van der Waals surface area contributed by atoms with Gasteiger partial charge in [0, 0.05) is 17.2 Å². The highest BCUT2D eigenvalue weighted by molar-refractivity contribution is 6.36. The van der Waals surface area contributed by atoms with Crippen molar-refractivity contribution < 1.29 is 14.3 Å². The first-order valence-electron chi connectivity index (χ1n) is 6.25. The average molecular weight is 264 g/mol. The van der Waals surface area contributed by atoms with Crippen molar-refractivity contribution in [2.75, 3.05) is 7.11 Å². The molecule has 0 saturated heterocycles. The molecule has 0 atom stereocenters. The minimum absolute atomic E-state index is 0.148. The van der Waals surface area contributed by atoms with Gasteiger partial charge in [0.25, 0.3) is 0 Å². The third kappa shape index (κ3) is 1.84. The van der Waals surface area contributed by atoms with Crippen LogP contribution < -0.4 is 0 Å². The lowest BCUT2D eigenvalue weighted by molar-refractivity contribution is -0.134. The number of hydrogen-bond donors (Lipinski definition) is 0. The van der Waals surface area contributed by atoms with Crippen LogP contribution in [0.2, 0.25) is 0 Å². The normalized spacial score (nSPS) is 14.7. The topological polar surface area (TPSA) is 43.4 Å². The highest BCUT2D eigenvalue weighted by Crippen LogP contribution is 2.38. The second-order valence-electron chi connectivity index (χ2n) is 4.50. The third-order valence-electron chi connectivity index (χ3n) is 3.39. The fourth-order valence-corrected chi connectivity index (χ4v) is 2.46. The van der Waals surface area contributed by atoms with Crippen molar-refractivity contribution in [2.45, 2.75) is 0 Å². The van der Waals surface area contributed by atoms with Crippen LogP contribution >= 0.6 is 0 Å². The van der Waals surface area contributed by atoms with Crippen LogP contribution in [0.25, 0.3) is 16.7 Å². The molecule has 0 bridgehead atoms. The van der Waals surface area contributed by atoms with Crippen LogP contribution in [0.1, 0.15) is 15.9 Å². The summed E-state index contributed by atoms with van der Waals surface area (Å²) in [5.41, 5.74) is 3.61. The molecule has 3 heteroatoms. The van der Waals surface area contributed by atoms with Gasteiger partial charge in [-0.25, -0.2) is 4.79 Å². The summed E-state index contributed by atoms with van der Waals surface area (Å²) in [5, 5.41) is 0. The van der Waals surface area contributed by atoms with E-state index in [2.05, 4.69) is 4.74 Å². The highest BCUT2D eigenvalue weighted by atomic mass is 16.5. The Morgan fingerprint density at radius 1 is 0.900 bits per heavy atom. The van der Waals surface area contributed by atoms with Crippen molar-refractivity contribution in [2.24, 2.45) is 0 Å². The molecule has 3 rings (SSSR count). The van der Waals surface area contributed by atoms with Crippen LogP contribution in [0.3, 0.4) is 0 Å². The zero-order valence-corrected chi connectivity index (χ0v) is 10.9. The van der Waals surface area contributed by atoms with Crippen LogP contribution in [0.15, 0.2) is 54.6 Å². The van der Waals surface area contributed by atoms with Gasteiger partial charge in [0.15, 0.2) is 5.78 Å². The number of rotatable bonds is 1. The molecule has 0 radical (unpaired) electrons. The molecule has 0 unspecified atom stereocenters. The highest BCUT2D eigenvalue weighted by Gasteiger charge is 2.27. The van der Waals surface area contributed by atoms with Gasteiger partial charge < -0.3 is 4.74 Å². The van der Waals surface area contributed by atoms with Gasteiger partial charge in [0.2, 0.25) is 0 Å². The number of allylic oxidation sites excluding steroid dienone is 1. The Hall–Kier alpha value is -2.68. The molecule has 3 nitrogen and oxygen atoms in total. The van der Waals surface area contributed by atoms with Crippen LogP contribution in [-0.4, -0.2) is 18.9 Å². The maximum Gasteiger partial charge on any atom is 0.331 e. The second kappa shape index (κ2) is 4.78. The first-order valence-corrected chi connectivity index (χ1v) is 6.25. The van der Waals surface area contributed by atoms with E-state index in [-0.39, 0.29) is 5.78 Å². The third-order valence-corrected chi connectivity index (χ3v) is 3.39. The van der Waals surface area contributed by atoms with Crippen LogP contribution in [-0.2, 0) is 9.53 Å². The predicted octanol–water partition coefficient (Wildman–Crippen LogP) is 3.11. The summed E-state index contributed by atoms with van der Waals surface area (Å²) in [5.74, 6) is -0.674. The summed E-state index contributed by atoms with van der Waals surface area (Å²) in [7, 11) is 1.30. The Morgan fingerprint density at radius 2 is 1.40 bits per heavy atom. The second-order valence-corrected chi connectivity index (χ2v) is 4.50. The van der Waals surface area contributed by atoms with E-state index in [0.717, 1.165) is 16.7 Å². The molecule has 2 aromatic carbocycles. The monoisotopic (exact) mass is 264 g/mol. The Bertz CT molecular complexity index is 741. The molecular formula is C17H12O3. The van der Waals surface area contributed by atoms with Gasteiger partial charge in [-0.05, 0) is 16.7 Å². The van der Waals surface area contributed by atoms with Crippen molar-refractivity contribution in [1.82, 2.24) is 0 Å². The number of ketones is 1. The Morgan fingerprint density at radius 3 is 2.00 bits per heavy atom. The van der Waals surface area contributed by atoms with Crippen molar-refractivity contribution in [3.63, 3.8) is 0 Å². The maximum absolute atomic E-state index is 12.6. The minimum Gasteiger partial charge on any atom is -0.466 e. The molecule has 98 valence electrons. The largest absolute Gasteiger partial charge is 0.466 e. The summed E-state index contributed by atoms with van der Waals surface area (Å²) in [6, 6.07) is 15.0. The van der Waals surface area contributed by atoms with Crippen LogP contribution in [0.4, 0.5) is 0 Å². The lowest BCUT2D eigenvalue weighted by Crippen LogP contribution is -2.13. The van der Waals surface area contributed by atoms with Crippen molar-refractivity contribution >= 4 is 17.3 Å². The SMILES string of the molecule is COC(=O)/C=C1\C(=O)c2ccccc2-c2ccccc21. The summed E-state index contributed by atoms with van der Waals surface area (Å²) in [6.07, 6.45) is 1.26. The molecule has 0 aromatic heterocycles. The van der Waals surface area contributed by atoms with Gasteiger partial charge in [-0.2, -0.15) is 0 Å². The molecular weight excluding hydrogens is 252 g/mol. The maximum atomic E-state index is 12.6. The molecule has 20 heavy (non-hydrogen) atoms. The molecule has 0 saturated carbocycles. The Kier molecular flexibility index (Phi) is 2.95. The molecule has 1 aliphatic rings. The number of ether oxygens (including phenoxy) is 1. The molecule has 0 amide bonds. The molecule has 0 spiro atoms. The molecule has 2 aromatic rings. The summed E-state index contributed by atoms with van der Waals surface area (Å²) in [6.45, 7) is 0. The standard InChI is InChI=1S/C17H12O3/c1-20-16(18)10-15-13-8-3-2-6-11(13)12-7-4-5-9-14(12)17(15)19/h2-10H,1H3/b15-10-. The van der Waals surface area contributed by atoms with E-state index in [1.807, 2.05) is 42.5 Å². The fraction of sp³-hybridized carbons (Fsp3) is 0.0588. The van der Waals surface area contributed by atoms with Crippen molar-refractivity contribution in [1.29, 1.82) is 0 Å². The lowest BCUT2D eigenvalue weighted by Gasteiger charge is -2.20. The molecule has 0 heterocycles. The number of benzene rings is 2. The van der Waals surface area contributed by atoms with Crippen molar-refractivity contribution in [3.05, 3.63) is 65.7 Å². The Labute approximate surface area is 116 Å². The van der Waals surface area contributed by atoms with E-state index in [4.69, 9.17) is 0 Å². The predicted molar refractivity (Wildman–Crippen MR) is 76.2 cm³/mol. The van der Waals surface area contributed by atoms with E-state index < -0.39 is 5.97 Å². The van der Waals surface area contributed by atoms with Crippen LogP contribution in [0, 0.1) is 0 Å². The molecule has 1 aliphatic carbocycles. The number of fused-ring (bicyclic) bond motifs is 3. The van der Waals surface area contributed by atoms with Gasteiger partial charge in [0.1, 0.15) is 0 Å². The minimum atomic E-state index is -0.525. The summed E-state index contributed by atoms with van der Waals surface area (Å²) >= 11 is 0. The van der Waals surface area contributed by atoms with E-state index in [0.29, 0.717) is 11.1 Å². The van der Waals surface area contributed by atoms with E-state index >= 15 is 0 Å². The summed E-state index contributed by atoms with van der Waals surface area (Å²) in [4.78, 5) is 24.1. The van der Waals surface area contributed by atoms with Gasteiger partial charge >= 0.3 is 5.97 Å². The Balaban J connectivity index is 2.29. The van der Waals surface area contributed by atoms with Gasteiger partial charge in [-0.15, -0.1) is 0 Å². The van der Waals surface area contributed by atoms with E-state index in [1.165, 1.54) is 13.2 Å². The fourth-order valence-electron chi connectivity index (χ4n) is 2.46. The number of carbonyl (C=O) groups is 2. The number of hydrogen-bond acceptors (Lipinski definition) is 3. The zero-order valence-electron chi connectivity index (χ0n) is 10.9. The van der Waals surface area contributed by atoms with E-state index in [9.17, 15) is 9.59 Å². The smallest absolute Gasteiger partial charge is 0.331 e. The average Bonchev–Trinajstić information content (AvgIpc) is 2.51. The number of methoxy groups -OCH3 is 1. The van der Waals surface area contributed by atoms with Gasteiger partial charge in [0.05, 0.1) is 7.11 Å². The molecule has 0 fully saturated rings. The first kappa shape index (κ1) is 12.4. The van der Waals surface area contributed by atoms with Gasteiger partial charge in [-0.3, -0.25) is 4.79 Å². The summed E-state index contributed by atoms with van der Waals surface area (Å²) < 4.78 is 4.64. The van der Waals surface area contributed by atoms with Gasteiger partial charge in [-0.1, -0.05) is 48.5 Å². The number of esters is 1. The lowest BCUT2D eigenvalue weighted by atomic mass is 9.81. The quantitative estimate of drug-likeness (QED) is 0.587. The zero-order chi connectivity index (χ0) is 14.1. The molecule has 0 aliphatic heterocycles. The number of carbonyl (C=O) groups excluding carboxylic acids is 2. The molecule has 0 N–H and O–H groups in total. The van der Waals surface area contributed by atoms with Crippen molar-refractivity contribution in [3.8, 4) is 11.1 Å². The van der Waals surface area contributed by atoms with E-state index in [1.54, 1.807) is 6.07 Å². The number of Topliss-reactive ketones (excluding diaryl/α,β-unsaturated/α-hetero) is 1. The first-order chi connectivity index (χ1) is 9.72.